The smallest absolute Gasteiger partial charge is 0.309 e. The van der Waals surface area contributed by atoms with Gasteiger partial charge in [0, 0.05) is 5.41 Å². The van der Waals surface area contributed by atoms with E-state index in [4.69, 9.17) is 4.74 Å². The van der Waals surface area contributed by atoms with Crippen molar-refractivity contribution in [3.05, 3.63) is 0 Å². The van der Waals surface area contributed by atoms with Crippen molar-refractivity contribution in [2.75, 3.05) is 20.6 Å². The molecule has 5 fully saturated rings. The monoisotopic (exact) mass is 614 g/mol. The molecule has 0 aromatic carbocycles. The van der Waals surface area contributed by atoms with Gasteiger partial charge in [0.1, 0.15) is 6.10 Å². The molecule has 0 bridgehead atoms. The molecule has 0 aromatic heterocycles. The van der Waals surface area contributed by atoms with Gasteiger partial charge in [-0.1, -0.05) is 48.5 Å². The van der Waals surface area contributed by atoms with Crippen molar-refractivity contribution in [1.29, 1.82) is 0 Å². The first-order valence-corrected chi connectivity index (χ1v) is 18.3. The van der Waals surface area contributed by atoms with Crippen molar-refractivity contribution in [3.63, 3.8) is 0 Å². The van der Waals surface area contributed by atoms with Crippen LogP contribution in [-0.2, 0) is 14.3 Å². The van der Waals surface area contributed by atoms with Crippen molar-refractivity contribution in [3.8, 4) is 0 Å². The average Bonchev–Trinajstić information content (AvgIpc) is 3.29. The van der Waals surface area contributed by atoms with E-state index in [9.17, 15) is 14.7 Å². The Hall–Kier alpha value is -1.10. The predicted molar refractivity (Wildman–Crippen MR) is 178 cm³/mol. The van der Waals surface area contributed by atoms with Crippen LogP contribution in [0.5, 0.6) is 0 Å². The molecule has 0 amide bonds. The summed E-state index contributed by atoms with van der Waals surface area (Å²) >= 11 is 0. The summed E-state index contributed by atoms with van der Waals surface area (Å²) in [6.07, 6.45) is 14.0. The van der Waals surface area contributed by atoms with Crippen molar-refractivity contribution in [2.24, 2.45) is 68.0 Å². The van der Waals surface area contributed by atoms with E-state index in [1.165, 1.54) is 64.3 Å². The molecule has 0 unspecified atom stereocenters. The summed E-state index contributed by atoms with van der Waals surface area (Å²) in [4.78, 5) is 27.1. The van der Waals surface area contributed by atoms with E-state index in [2.05, 4.69) is 67.5 Å². The van der Waals surface area contributed by atoms with Crippen LogP contribution in [-0.4, -0.2) is 48.7 Å². The number of hydrogen-bond donors (Lipinski definition) is 1. The van der Waals surface area contributed by atoms with Crippen LogP contribution in [0.2, 0.25) is 0 Å². The first-order chi connectivity index (χ1) is 20.2. The topological polar surface area (TPSA) is 66.8 Å². The van der Waals surface area contributed by atoms with Gasteiger partial charge in [-0.05, 0) is 162 Å². The number of carboxylic acids is 1. The van der Waals surface area contributed by atoms with Gasteiger partial charge in [0.15, 0.2) is 0 Å². The number of ether oxygens (including phenoxy) is 1. The normalized spacial score (nSPS) is 44.8. The van der Waals surface area contributed by atoms with E-state index < -0.39 is 11.4 Å². The molecule has 5 aliphatic rings. The Bertz CT molecular complexity index is 1110. The second-order valence-corrected chi connectivity index (χ2v) is 19.3. The zero-order valence-electron chi connectivity index (χ0n) is 30.4. The van der Waals surface area contributed by atoms with Gasteiger partial charge in [-0.15, -0.1) is 0 Å². The fourth-order valence-electron chi connectivity index (χ4n) is 13.2. The van der Waals surface area contributed by atoms with Gasteiger partial charge in [-0.2, -0.15) is 0 Å². The maximum Gasteiger partial charge on any atom is 0.309 e. The van der Waals surface area contributed by atoms with E-state index >= 15 is 0 Å². The molecule has 44 heavy (non-hydrogen) atoms. The number of fused-ring (bicyclic) bond motifs is 7. The van der Waals surface area contributed by atoms with Gasteiger partial charge in [-0.25, -0.2) is 0 Å². The molecule has 0 saturated heterocycles. The third-order valence-corrected chi connectivity index (χ3v) is 15.9. The number of rotatable bonds is 8. The SMILES string of the molecule is CC(C)[C@@H]1CC[C@]2(CCN(C)C)CC[C@]3(C)[C@H](CC[C@@H]4[C@@]5(C)CC[C@H](OC(=O)CC(C)(C)C(=O)O)C(C)(C)[C@@H]5CC[C@]43C)[C@@H]12. The molecular weight excluding hydrogens is 546 g/mol. The van der Waals surface area contributed by atoms with Crippen LogP contribution < -0.4 is 0 Å². The predicted octanol–water partition coefficient (Wildman–Crippen LogP) is 9.09. The maximum atomic E-state index is 13.0. The molecular formula is C39H67NO4. The number of carboxylic acid groups (broad SMARTS) is 1. The summed E-state index contributed by atoms with van der Waals surface area (Å²) in [7, 11) is 4.51. The number of carbonyl (C=O) groups is 2. The van der Waals surface area contributed by atoms with Crippen molar-refractivity contribution >= 4 is 11.9 Å². The minimum absolute atomic E-state index is 0.0775. The lowest BCUT2D eigenvalue weighted by molar-refractivity contribution is -0.252. The van der Waals surface area contributed by atoms with Crippen molar-refractivity contribution < 1.29 is 19.4 Å². The van der Waals surface area contributed by atoms with E-state index in [0.29, 0.717) is 28.1 Å². The molecule has 5 nitrogen and oxygen atoms in total. The molecule has 0 spiro atoms. The van der Waals surface area contributed by atoms with Crippen LogP contribution in [0, 0.1) is 68.0 Å². The number of nitrogens with zero attached hydrogens (tertiary/aromatic N) is 1. The summed E-state index contributed by atoms with van der Waals surface area (Å²) < 4.78 is 6.18. The van der Waals surface area contributed by atoms with Gasteiger partial charge < -0.3 is 14.7 Å². The van der Waals surface area contributed by atoms with Crippen molar-refractivity contribution in [1.82, 2.24) is 4.90 Å². The molecule has 10 atom stereocenters. The van der Waals surface area contributed by atoms with Crippen LogP contribution in [0.1, 0.15) is 139 Å². The first kappa shape index (κ1) is 34.2. The summed E-state index contributed by atoms with van der Waals surface area (Å²) in [5.74, 6) is 3.23. The molecule has 0 radical (unpaired) electrons. The zero-order chi connectivity index (χ0) is 32.7. The fraction of sp³-hybridized carbons (Fsp3) is 0.949. The molecule has 0 aromatic rings. The average molecular weight is 614 g/mol. The molecule has 5 saturated carbocycles. The third-order valence-electron chi connectivity index (χ3n) is 15.9. The third kappa shape index (κ3) is 5.11. The van der Waals surface area contributed by atoms with Crippen LogP contribution in [0.4, 0.5) is 0 Å². The van der Waals surface area contributed by atoms with Gasteiger partial charge in [0.05, 0.1) is 11.8 Å². The first-order valence-electron chi connectivity index (χ1n) is 18.3. The van der Waals surface area contributed by atoms with Crippen LogP contribution in [0.25, 0.3) is 0 Å². The number of esters is 1. The Morgan fingerprint density at radius 2 is 1.55 bits per heavy atom. The van der Waals surface area contributed by atoms with E-state index in [-0.39, 0.29) is 29.3 Å². The highest BCUT2D eigenvalue weighted by Gasteiger charge is 2.71. The quantitative estimate of drug-likeness (QED) is 0.277. The van der Waals surface area contributed by atoms with E-state index in [1.807, 2.05) is 0 Å². The lowest BCUT2D eigenvalue weighted by atomic mass is 9.32. The zero-order valence-corrected chi connectivity index (χ0v) is 30.4. The molecule has 5 rings (SSSR count). The molecule has 0 heterocycles. The Kier molecular flexibility index (Phi) is 8.76. The fourth-order valence-corrected chi connectivity index (χ4v) is 13.2. The van der Waals surface area contributed by atoms with Gasteiger partial charge in [-0.3, -0.25) is 9.59 Å². The highest BCUT2D eigenvalue weighted by molar-refractivity contribution is 5.81. The molecule has 5 aliphatic carbocycles. The molecule has 252 valence electrons. The summed E-state index contributed by atoms with van der Waals surface area (Å²) in [5.41, 5.74) is 0.251. The highest BCUT2D eigenvalue weighted by atomic mass is 16.5. The van der Waals surface area contributed by atoms with E-state index in [1.54, 1.807) is 13.8 Å². The van der Waals surface area contributed by atoms with Crippen molar-refractivity contribution in [2.45, 2.75) is 145 Å². The minimum Gasteiger partial charge on any atom is -0.481 e. The Labute approximate surface area is 270 Å². The van der Waals surface area contributed by atoms with Crippen LogP contribution in [0.3, 0.4) is 0 Å². The summed E-state index contributed by atoms with van der Waals surface area (Å²) in [6.45, 7) is 22.3. The maximum absolute atomic E-state index is 13.0. The molecule has 0 aliphatic heterocycles. The number of hydrogen-bond acceptors (Lipinski definition) is 4. The molecule has 5 heteroatoms. The second kappa shape index (κ2) is 11.3. The lowest BCUT2D eigenvalue weighted by Gasteiger charge is -2.73. The molecule has 1 N–H and O–H groups in total. The standard InChI is InChI=1S/C39H67NO4/c1-25(2)26-14-19-39(22-23-40(10)11)21-20-37(8)27(32(26)39)12-13-29-36(7)17-16-30(44-31(41)24-34(3,4)33(42)43)35(5,6)28(36)15-18-38(29,37)9/h25-30,32H,12-24H2,1-11H3,(H,42,43)/t26-,27+,28-,29+,30-,32+,36-,37+,38+,39+/m0/s1. The van der Waals surface area contributed by atoms with Gasteiger partial charge >= 0.3 is 11.9 Å². The second-order valence-electron chi connectivity index (χ2n) is 19.3. The minimum atomic E-state index is -1.11. The van der Waals surface area contributed by atoms with E-state index in [0.717, 1.165) is 36.5 Å². The lowest BCUT2D eigenvalue weighted by Crippen LogP contribution is -2.67. The Morgan fingerprint density at radius 1 is 0.864 bits per heavy atom. The Morgan fingerprint density at radius 3 is 2.16 bits per heavy atom. The number of carbonyl (C=O) groups excluding carboxylic acids is 1. The summed E-state index contributed by atoms with van der Waals surface area (Å²) in [6, 6.07) is 0. The Balaban J connectivity index is 1.40. The van der Waals surface area contributed by atoms with Crippen LogP contribution >= 0.6 is 0 Å². The summed E-state index contributed by atoms with van der Waals surface area (Å²) in [5, 5.41) is 9.57. The highest BCUT2D eigenvalue weighted by Crippen LogP contribution is 2.78. The van der Waals surface area contributed by atoms with Crippen LogP contribution in [0.15, 0.2) is 0 Å². The number of aliphatic carboxylic acids is 1. The van der Waals surface area contributed by atoms with Gasteiger partial charge in [0.25, 0.3) is 0 Å². The van der Waals surface area contributed by atoms with Gasteiger partial charge in [0.2, 0.25) is 0 Å². The largest absolute Gasteiger partial charge is 0.481 e.